The molecule has 0 saturated heterocycles. The Morgan fingerprint density at radius 2 is 0.236 bits per heavy atom. The molecule has 55 heavy (non-hydrogen) atoms. The summed E-state index contributed by atoms with van der Waals surface area (Å²) in [6, 6.07) is 0. The Morgan fingerprint density at radius 3 is 0.327 bits per heavy atom. The summed E-state index contributed by atoms with van der Waals surface area (Å²) < 4.78 is 0. The van der Waals surface area contributed by atoms with Gasteiger partial charge >= 0.3 is 0 Å². The van der Waals surface area contributed by atoms with Crippen LogP contribution in [0.2, 0.25) is 0 Å². The highest BCUT2D eigenvalue weighted by atomic mass is 16.3. The molecule has 0 amide bonds. The van der Waals surface area contributed by atoms with Crippen LogP contribution in [-0.4, -0.2) is 23.4 Å². The standard InChI is InChI=1S/C27H56O.C26H54O/c1-2-3-4-5-6-7-8-9-10-11-12-13-14-15-16-17-18-19-20-21-22-23-24-25-26-27-28;1-2-3-4-5-6-7-8-9-10-11-12-13-14-15-16-17-18-19-20-21-22-23-24-25-26-27/h28H,2-27H2,1H3;27H,2-26H2,1H3. The van der Waals surface area contributed by atoms with Crippen molar-refractivity contribution < 1.29 is 10.2 Å². The summed E-state index contributed by atoms with van der Waals surface area (Å²) in [5.74, 6) is 0. The summed E-state index contributed by atoms with van der Waals surface area (Å²) in [6.07, 6.45) is 69.7. The fraction of sp³-hybridized carbons (Fsp3) is 1.00. The van der Waals surface area contributed by atoms with Crippen molar-refractivity contribution in [2.45, 2.75) is 328 Å². The number of rotatable bonds is 49. The van der Waals surface area contributed by atoms with E-state index in [1.807, 2.05) is 0 Å². The molecule has 0 fully saturated rings. The molecule has 0 heterocycles. The van der Waals surface area contributed by atoms with Crippen LogP contribution < -0.4 is 0 Å². The molecule has 0 aromatic heterocycles. The van der Waals surface area contributed by atoms with Crippen molar-refractivity contribution in [1.82, 2.24) is 0 Å². The summed E-state index contributed by atoms with van der Waals surface area (Å²) in [5, 5.41) is 17.5. The third kappa shape index (κ3) is 60.7. The maximum atomic E-state index is 8.74. The van der Waals surface area contributed by atoms with Gasteiger partial charge in [0.1, 0.15) is 0 Å². The summed E-state index contributed by atoms with van der Waals surface area (Å²) in [4.78, 5) is 0. The lowest BCUT2D eigenvalue weighted by molar-refractivity contribution is 0.282. The second-order valence-corrected chi connectivity index (χ2v) is 18.1. The molecular formula is C53H110O2. The lowest BCUT2D eigenvalue weighted by Gasteiger charge is -2.04. The van der Waals surface area contributed by atoms with Crippen molar-refractivity contribution in [1.29, 1.82) is 0 Å². The lowest BCUT2D eigenvalue weighted by Crippen LogP contribution is -1.85. The highest BCUT2D eigenvalue weighted by Gasteiger charge is 1.98. The Bertz CT molecular complexity index is 541. The number of hydrogen-bond acceptors (Lipinski definition) is 2. The fourth-order valence-electron chi connectivity index (χ4n) is 8.33. The van der Waals surface area contributed by atoms with Crippen molar-refractivity contribution in [2.24, 2.45) is 0 Å². The van der Waals surface area contributed by atoms with E-state index in [0.717, 1.165) is 12.8 Å². The van der Waals surface area contributed by atoms with Crippen LogP contribution in [0.25, 0.3) is 0 Å². The Balaban J connectivity index is 0. The molecule has 2 N–H and O–H groups in total. The molecular weight excluding hydrogens is 669 g/mol. The molecule has 0 unspecified atom stereocenters. The SMILES string of the molecule is CCCCCCCCCCCCCCCCCCCCCCCCCCCO.CCCCCCCCCCCCCCCCCCCCCCCCCCO. The van der Waals surface area contributed by atoms with Gasteiger partial charge < -0.3 is 10.2 Å². The van der Waals surface area contributed by atoms with Gasteiger partial charge in [-0.3, -0.25) is 0 Å². The number of aliphatic hydroxyl groups is 2. The van der Waals surface area contributed by atoms with Crippen LogP contribution in [0, 0.1) is 0 Å². The average molecular weight is 779 g/mol. The topological polar surface area (TPSA) is 40.5 Å². The third-order valence-electron chi connectivity index (χ3n) is 12.3. The minimum Gasteiger partial charge on any atom is -0.396 e. The molecule has 2 heteroatoms. The zero-order valence-electron chi connectivity index (χ0n) is 39.0. The van der Waals surface area contributed by atoms with Gasteiger partial charge in [0.2, 0.25) is 0 Å². The summed E-state index contributed by atoms with van der Waals surface area (Å²) in [6.45, 7) is 5.35. The van der Waals surface area contributed by atoms with Gasteiger partial charge in [0.15, 0.2) is 0 Å². The average Bonchev–Trinajstić information content (AvgIpc) is 3.20. The molecule has 0 aliphatic carbocycles. The molecule has 2 nitrogen and oxygen atoms in total. The Labute approximate surface area is 350 Å². The zero-order chi connectivity index (χ0) is 40.1. The van der Waals surface area contributed by atoms with Crippen LogP contribution in [0.15, 0.2) is 0 Å². The van der Waals surface area contributed by atoms with E-state index in [9.17, 15) is 0 Å². The molecule has 0 aliphatic heterocycles. The maximum Gasteiger partial charge on any atom is 0.0431 e. The van der Waals surface area contributed by atoms with Crippen molar-refractivity contribution in [2.75, 3.05) is 13.2 Å². The van der Waals surface area contributed by atoms with Crippen LogP contribution in [0.1, 0.15) is 328 Å². The summed E-state index contributed by atoms with van der Waals surface area (Å²) in [5.41, 5.74) is 0. The first-order valence-corrected chi connectivity index (χ1v) is 26.5. The van der Waals surface area contributed by atoms with Crippen LogP contribution in [0.5, 0.6) is 0 Å². The van der Waals surface area contributed by atoms with Crippen LogP contribution in [0.3, 0.4) is 0 Å². The molecule has 0 aromatic carbocycles. The van der Waals surface area contributed by atoms with E-state index in [-0.39, 0.29) is 0 Å². The largest absolute Gasteiger partial charge is 0.396 e. The first-order valence-electron chi connectivity index (χ1n) is 26.5. The van der Waals surface area contributed by atoms with Crippen molar-refractivity contribution in [3.05, 3.63) is 0 Å². The van der Waals surface area contributed by atoms with Gasteiger partial charge in [0.25, 0.3) is 0 Å². The molecule has 0 aromatic rings. The maximum absolute atomic E-state index is 8.74. The molecule has 0 rings (SSSR count). The molecule has 0 aliphatic rings. The van der Waals surface area contributed by atoms with Gasteiger partial charge in [0, 0.05) is 13.2 Å². The summed E-state index contributed by atoms with van der Waals surface area (Å²) >= 11 is 0. The molecule has 0 spiro atoms. The van der Waals surface area contributed by atoms with Gasteiger partial charge in [-0.05, 0) is 12.8 Å². The number of aliphatic hydroxyl groups excluding tert-OH is 2. The minimum absolute atomic E-state index is 0.374. The van der Waals surface area contributed by atoms with Crippen molar-refractivity contribution in [3.8, 4) is 0 Å². The Hall–Kier alpha value is -0.0800. The van der Waals surface area contributed by atoms with E-state index in [1.54, 1.807) is 0 Å². The number of unbranched alkanes of at least 4 members (excludes halogenated alkanes) is 47. The smallest absolute Gasteiger partial charge is 0.0431 e. The second kappa shape index (κ2) is 58.2. The predicted octanol–water partition coefficient (Wildman–Crippen LogP) is 19.1. The monoisotopic (exact) mass is 779 g/mol. The van der Waals surface area contributed by atoms with Crippen LogP contribution in [-0.2, 0) is 0 Å². The van der Waals surface area contributed by atoms with E-state index in [4.69, 9.17) is 10.2 Å². The van der Waals surface area contributed by atoms with Gasteiger partial charge in [0.05, 0.1) is 0 Å². The van der Waals surface area contributed by atoms with E-state index in [1.165, 1.54) is 302 Å². The molecule has 334 valence electrons. The lowest BCUT2D eigenvalue weighted by atomic mass is 10.0. The Kier molecular flexibility index (Phi) is 60.4. The fourth-order valence-corrected chi connectivity index (χ4v) is 8.33. The Morgan fingerprint density at radius 1 is 0.145 bits per heavy atom. The molecule has 0 bridgehead atoms. The van der Waals surface area contributed by atoms with E-state index in [0.29, 0.717) is 13.2 Å². The molecule has 0 atom stereocenters. The first kappa shape index (κ1) is 57.0. The third-order valence-corrected chi connectivity index (χ3v) is 12.3. The predicted molar refractivity (Wildman–Crippen MR) is 252 cm³/mol. The van der Waals surface area contributed by atoms with Gasteiger partial charge in [-0.25, -0.2) is 0 Å². The highest BCUT2D eigenvalue weighted by molar-refractivity contribution is 4.54. The molecule has 0 radical (unpaired) electrons. The zero-order valence-corrected chi connectivity index (χ0v) is 39.0. The van der Waals surface area contributed by atoms with Gasteiger partial charge in [-0.15, -0.1) is 0 Å². The van der Waals surface area contributed by atoms with Gasteiger partial charge in [-0.2, -0.15) is 0 Å². The summed E-state index contributed by atoms with van der Waals surface area (Å²) in [7, 11) is 0. The van der Waals surface area contributed by atoms with Crippen LogP contribution in [0.4, 0.5) is 0 Å². The quantitative estimate of drug-likeness (QED) is 0.0604. The van der Waals surface area contributed by atoms with E-state index >= 15 is 0 Å². The normalized spacial score (nSPS) is 11.3. The first-order chi connectivity index (χ1) is 27.3. The highest BCUT2D eigenvalue weighted by Crippen LogP contribution is 2.17. The number of hydrogen-bond donors (Lipinski definition) is 2. The van der Waals surface area contributed by atoms with Crippen molar-refractivity contribution in [3.63, 3.8) is 0 Å². The van der Waals surface area contributed by atoms with E-state index < -0.39 is 0 Å². The van der Waals surface area contributed by atoms with Crippen molar-refractivity contribution >= 4 is 0 Å². The van der Waals surface area contributed by atoms with E-state index in [2.05, 4.69) is 13.8 Å². The van der Waals surface area contributed by atoms with Crippen LogP contribution >= 0.6 is 0 Å². The minimum atomic E-state index is 0.374. The molecule has 0 saturated carbocycles. The second-order valence-electron chi connectivity index (χ2n) is 18.1. The van der Waals surface area contributed by atoms with Gasteiger partial charge in [-0.1, -0.05) is 316 Å².